The van der Waals surface area contributed by atoms with E-state index < -0.39 is 0 Å². The molecule has 1 atom stereocenters. The van der Waals surface area contributed by atoms with Crippen molar-refractivity contribution in [1.82, 2.24) is 25.3 Å². The molecule has 2 heterocycles. The largest absolute Gasteiger partial charge is 0.339 e. The summed E-state index contributed by atoms with van der Waals surface area (Å²) in [5.74, 6) is 1.57. The number of hydrogen-bond donors (Lipinski definition) is 1. The number of rotatable bonds is 4. The van der Waals surface area contributed by atoms with E-state index in [9.17, 15) is 0 Å². The molecule has 0 aromatic carbocycles. The predicted octanol–water partition coefficient (Wildman–Crippen LogP) is 0.947. The van der Waals surface area contributed by atoms with Gasteiger partial charge in [0.2, 0.25) is 11.7 Å². The van der Waals surface area contributed by atoms with Crippen LogP contribution in [0.1, 0.15) is 19.2 Å². The molecule has 0 bridgehead atoms. The van der Waals surface area contributed by atoms with Crippen molar-refractivity contribution >= 4 is 0 Å². The lowest BCUT2D eigenvalue weighted by Gasteiger charge is -2.00. The normalized spacial score (nSPS) is 12.2. The Bertz CT molecular complexity index is 482. The Hall–Kier alpha value is -2.23. The van der Waals surface area contributed by atoms with Gasteiger partial charge in [0, 0.05) is 12.8 Å². The minimum Gasteiger partial charge on any atom is -0.339 e. The second-order valence-corrected chi connectivity index (χ2v) is 3.52. The van der Waals surface area contributed by atoms with Crippen LogP contribution in [0, 0.1) is 17.2 Å². The lowest BCUT2D eigenvalue weighted by molar-refractivity contribution is 0.359. The van der Waals surface area contributed by atoms with Gasteiger partial charge in [0.1, 0.15) is 6.33 Å². The zero-order valence-corrected chi connectivity index (χ0v) is 8.71. The molecule has 0 aliphatic rings. The van der Waals surface area contributed by atoms with Crippen molar-refractivity contribution in [2.24, 2.45) is 5.92 Å². The minimum atomic E-state index is 0.202. The molecule has 0 spiro atoms. The maximum absolute atomic E-state index is 8.53. The summed E-state index contributed by atoms with van der Waals surface area (Å²) in [6.07, 6.45) is 2.44. The first kappa shape index (κ1) is 10.3. The molecule has 2 rings (SSSR count). The summed E-state index contributed by atoms with van der Waals surface area (Å²) in [5.41, 5.74) is 0. The number of nitriles is 1. The summed E-state index contributed by atoms with van der Waals surface area (Å²) in [4.78, 5) is 8.07. The Kier molecular flexibility index (Phi) is 2.91. The van der Waals surface area contributed by atoms with Gasteiger partial charge >= 0.3 is 0 Å². The molecule has 0 saturated heterocycles. The van der Waals surface area contributed by atoms with Gasteiger partial charge < -0.3 is 4.52 Å². The Morgan fingerprint density at radius 1 is 1.62 bits per heavy atom. The summed E-state index contributed by atoms with van der Waals surface area (Å²) in [5, 5.41) is 18.6. The first-order valence-electron chi connectivity index (χ1n) is 4.85. The third kappa shape index (κ3) is 2.23. The summed E-state index contributed by atoms with van der Waals surface area (Å²) in [7, 11) is 0. The van der Waals surface area contributed by atoms with Crippen LogP contribution in [0.15, 0.2) is 10.9 Å². The van der Waals surface area contributed by atoms with Gasteiger partial charge in [-0.25, -0.2) is 4.98 Å². The number of nitrogens with zero attached hydrogens (tertiary/aromatic N) is 5. The van der Waals surface area contributed by atoms with Crippen LogP contribution in [0.3, 0.4) is 0 Å². The number of hydrogen-bond acceptors (Lipinski definition) is 6. The fraction of sp³-hybridized carbons (Fsp3) is 0.444. The Labute approximate surface area is 91.5 Å². The third-order valence-electron chi connectivity index (χ3n) is 2.06. The molecule has 7 nitrogen and oxygen atoms in total. The maximum atomic E-state index is 8.53. The van der Waals surface area contributed by atoms with Gasteiger partial charge in [0.15, 0.2) is 5.82 Å². The Balaban J connectivity index is 2.06. The minimum absolute atomic E-state index is 0.202. The van der Waals surface area contributed by atoms with E-state index in [0.717, 1.165) is 0 Å². The molecule has 0 saturated carbocycles. The molecule has 16 heavy (non-hydrogen) atoms. The van der Waals surface area contributed by atoms with Crippen molar-refractivity contribution in [2.75, 3.05) is 0 Å². The standard InChI is InChI=1S/C9H10N6O/c1-6(2-3-10)4-7-13-9(15-16-7)8-11-5-12-14-8/h5-6H,2,4H2,1H3,(H,11,12,14). The SMILES string of the molecule is CC(CC#N)Cc1nc(-c2ncn[nH]2)no1. The number of H-pyrrole nitrogens is 1. The molecular formula is C9H10N6O. The van der Waals surface area contributed by atoms with Crippen molar-refractivity contribution in [3.8, 4) is 17.7 Å². The lowest BCUT2D eigenvalue weighted by Crippen LogP contribution is -1.98. The van der Waals surface area contributed by atoms with Crippen molar-refractivity contribution in [1.29, 1.82) is 5.26 Å². The van der Waals surface area contributed by atoms with Gasteiger partial charge in [-0.1, -0.05) is 12.1 Å². The van der Waals surface area contributed by atoms with Crippen LogP contribution < -0.4 is 0 Å². The van der Waals surface area contributed by atoms with E-state index in [1.54, 1.807) is 0 Å². The molecule has 7 heteroatoms. The van der Waals surface area contributed by atoms with E-state index in [1.807, 2.05) is 6.92 Å². The van der Waals surface area contributed by atoms with E-state index >= 15 is 0 Å². The van der Waals surface area contributed by atoms with Crippen LogP contribution >= 0.6 is 0 Å². The maximum Gasteiger partial charge on any atom is 0.239 e. The van der Waals surface area contributed by atoms with Crippen molar-refractivity contribution in [3.05, 3.63) is 12.2 Å². The Morgan fingerprint density at radius 2 is 2.50 bits per heavy atom. The van der Waals surface area contributed by atoms with E-state index in [4.69, 9.17) is 9.78 Å². The number of aromatic nitrogens is 5. The molecule has 0 fully saturated rings. The molecule has 0 amide bonds. The van der Waals surface area contributed by atoms with Crippen LogP contribution in [-0.4, -0.2) is 25.3 Å². The van der Waals surface area contributed by atoms with Crippen molar-refractivity contribution < 1.29 is 4.52 Å². The fourth-order valence-corrected chi connectivity index (χ4v) is 1.27. The molecule has 0 radical (unpaired) electrons. The summed E-state index contributed by atoms with van der Waals surface area (Å²) in [6, 6.07) is 2.10. The van der Waals surface area contributed by atoms with Gasteiger partial charge in [-0.15, -0.1) is 0 Å². The first-order chi connectivity index (χ1) is 7.79. The average Bonchev–Trinajstić information content (AvgIpc) is 2.86. The van der Waals surface area contributed by atoms with Gasteiger partial charge in [-0.3, -0.25) is 5.10 Å². The number of aromatic amines is 1. The molecular weight excluding hydrogens is 208 g/mol. The molecule has 2 aromatic heterocycles. The summed E-state index contributed by atoms with van der Waals surface area (Å²) < 4.78 is 5.05. The highest BCUT2D eigenvalue weighted by atomic mass is 16.5. The van der Waals surface area contributed by atoms with Crippen LogP contribution in [-0.2, 0) is 6.42 Å². The van der Waals surface area contributed by atoms with E-state index in [2.05, 4.69) is 31.4 Å². The molecule has 1 unspecified atom stereocenters. The predicted molar refractivity (Wildman–Crippen MR) is 52.8 cm³/mol. The number of nitrogens with one attached hydrogen (secondary N) is 1. The topological polar surface area (TPSA) is 104 Å². The average molecular weight is 218 g/mol. The van der Waals surface area contributed by atoms with Gasteiger partial charge in [0.05, 0.1) is 6.07 Å². The summed E-state index contributed by atoms with van der Waals surface area (Å²) >= 11 is 0. The second-order valence-electron chi connectivity index (χ2n) is 3.52. The lowest BCUT2D eigenvalue weighted by atomic mass is 10.1. The van der Waals surface area contributed by atoms with Crippen LogP contribution in [0.5, 0.6) is 0 Å². The highest BCUT2D eigenvalue weighted by Gasteiger charge is 2.13. The monoisotopic (exact) mass is 218 g/mol. The third-order valence-corrected chi connectivity index (χ3v) is 2.06. The van der Waals surface area contributed by atoms with Gasteiger partial charge in [-0.2, -0.15) is 15.3 Å². The molecule has 2 aromatic rings. The fourth-order valence-electron chi connectivity index (χ4n) is 1.27. The molecule has 0 aliphatic heterocycles. The molecule has 0 aliphatic carbocycles. The van der Waals surface area contributed by atoms with E-state index in [0.29, 0.717) is 30.4 Å². The molecule has 82 valence electrons. The zero-order chi connectivity index (χ0) is 11.4. The van der Waals surface area contributed by atoms with Gasteiger partial charge in [0.25, 0.3) is 0 Å². The van der Waals surface area contributed by atoms with Crippen LogP contribution in [0.25, 0.3) is 11.6 Å². The smallest absolute Gasteiger partial charge is 0.239 e. The second kappa shape index (κ2) is 4.53. The van der Waals surface area contributed by atoms with E-state index in [-0.39, 0.29) is 5.92 Å². The quantitative estimate of drug-likeness (QED) is 0.819. The molecule has 1 N–H and O–H groups in total. The van der Waals surface area contributed by atoms with Crippen LogP contribution in [0.4, 0.5) is 0 Å². The zero-order valence-electron chi connectivity index (χ0n) is 8.71. The highest BCUT2D eigenvalue weighted by molar-refractivity contribution is 5.39. The summed E-state index contributed by atoms with van der Waals surface area (Å²) in [6.45, 7) is 1.96. The first-order valence-corrected chi connectivity index (χ1v) is 4.85. The van der Waals surface area contributed by atoms with Gasteiger partial charge in [-0.05, 0) is 5.92 Å². The van der Waals surface area contributed by atoms with Crippen LogP contribution in [0.2, 0.25) is 0 Å². The Morgan fingerprint density at radius 3 is 3.19 bits per heavy atom. The van der Waals surface area contributed by atoms with Crippen molar-refractivity contribution in [3.63, 3.8) is 0 Å². The van der Waals surface area contributed by atoms with E-state index in [1.165, 1.54) is 6.33 Å². The highest BCUT2D eigenvalue weighted by Crippen LogP contribution is 2.13. The van der Waals surface area contributed by atoms with Crippen molar-refractivity contribution in [2.45, 2.75) is 19.8 Å².